The van der Waals surface area contributed by atoms with Crippen LogP contribution in [0.2, 0.25) is 0 Å². The number of para-hydroxylation sites is 1. The molecule has 2 aromatic carbocycles. The molecule has 0 atom stereocenters. The first-order chi connectivity index (χ1) is 8.74. The fourth-order valence-electron chi connectivity index (χ4n) is 2.40. The molecule has 2 aromatic rings. The van der Waals surface area contributed by atoms with Gasteiger partial charge in [0, 0.05) is 16.9 Å². The van der Waals surface area contributed by atoms with E-state index in [0.29, 0.717) is 0 Å². The SMILES string of the molecule is CC(=O)c1ccc2c(c1)Nc1ccccc1CC2. The zero-order valence-corrected chi connectivity index (χ0v) is 10.4. The van der Waals surface area contributed by atoms with Gasteiger partial charge in [0.05, 0.1) is 0 Å². The lowest BCUT2D eigenvalue weighted by Crippen LogP contribution is -1.98. The zero-order chi connectivity index (χ0) is 12.5. The lowest BCUT2D eigenvalue weighted by Gasteiger charge is -2.10. The predicted octanol–water partition coefficient (Wildman–Crippen LogP) is 3.73. The Morgan fingerprint density at radius 2 is 1.72 bits per heavy atom. The van der Waals surface area contributed by atoms with Crippen LogP contribution in [0, 0.1) is 0 Å². The highest BCUT2D eigenvalue weighted by molar-refractivity contribution is 5.95. The van der Waals surface area contributed by atoms with E-state index >= 15 is 0 Å². The Morgan fingerprint density at radius 1 is 1.00 bits per heavy atom. The highest BCUT2D eigenvalue weighted by Crippen LogP contribution is 2.30. The van der Waals surface area contributed by atoms with E-state index in [1.807, 2.05) is 18.2 Å². The number of nitrogens with one attached hydrogen (secondary N) is 1. The van der Waals surface area contributed by atoms with E-state index in [1.54, 1.807) is 6.92 Å². The number of fused-ring (bicyclic) bond motifs is 2. The summed E-state index contributed by atoms with van der Waals surface area (Å²) >= 11 is 0. The molecule has 0 saturated heterocycles. The second kappa shape index (κ2) is 4.30. The van der Waals surface area contributed by atoms with Gasteiger partial charge in [-0.3, -0.25) is 4.79 Å². The maximum absolute atomic E-state index is 11.4. The van der Waals surface area contributed by atoms with Crippen LogP contribution in [0.5, 0.6) is 0 Å². The van der Waals surface area contributed by atoms with Gasteiger partial charge in [-0.2, -0.15) is 0 Å². The van der Waals surface area contributed by atoms with Gasteiger partial charge in [0.2, 0.25) is 0 Å². The summed E-state index contributed by atoms with van der Waals surface area (Å²) in [5.41, 5.74) is 5.58. The van der Waals surface area contributed by atoms with Crippen LogP contribution in [0.25, 0.3) is 0 Å². The molecular formula is C16H15NO. The molecule has 2 nitrogen and oxygen atoms in total. The lowest BCUT2D eigenvalue weighted by molar-refractivity contribution is 0.101. The number of benzene rings is 2. The minimum atomic E-state index is 0.108. The second-order valence-corrected chi connectivity index (χ2v) is 4.71. The zero-order valence-electron chi connectivity index (χ0n) is 10.4. The first-order valence-corrected chi connectivity index (χ1v) is 6.23. The number of aryl methyl sites for hydroxylation is 2. The molecule has 0 unspecified atom stereocenters. The van der Waals surface area contributed by atoms with E-state index in [9.17, 15) is 4.79 Å². The Morgan fingerprint density at radius 3 is 2.50 bits per heavy atom. The number of ketones is 1. The van der Waals surface area contributed by atoms with Gasteiger partial charge in [-0.25, -0.2) is 0 Å². The van der Waals surface area contributed by atoms with Crippen molar-refractivity contribution in [2.75, 3.05) is 5.32 Å². The normalized spacial score (nSPS) is 12.9. The Balaban J connectivity index is 2.07. The number of hydrogen-bond acceptors (Lipinski definition) is 2. The summed E-state index contributed by atoms with van der Waals surface area (Å²) < 4.78 is 0. The third-order valence-electron chi connectivity index (χ3n) is 3.47. The highest BCUT2D eigenvalue weighted by Gasteiger charge is 2.13. The summed E-state index contributed by atoms with van der Waals surface area (Å²) in [4.78, 5) is 11.4. The Kier molecular flexibility index (Phi) is 2.63. The number of carbonyl (C=O) groups excluding carboxylic acids is 1. The summed E-state index contributed by atoms with van der Waals surface area (Å²) in [6.07, 6.45) is 2.05. The Labute approximate surface area is 107 Å². The number of Topliss-reactive ketones (excluding diaryl/α,β-unsaturated/α-hetero) is 1. The summed E-state index contributed by atoms with van der Waals surface area (Å²) in [5, 5.41) is 3.45. The van der Waals surface area contributed by atoms with E-state index in [1.165, 1.54) is 11.1 Å². The van der Waals surface area contributed by atoms with Crippen molar-refractivity contribution < 1.29 is 4.79 Å². The molecule has 0 fully saturated rings. The first-order valence-electron chi connectivity index (χ1n) is 6.23. The molecule has 0 spiro atoms. The maximum atomic E-state index is 11.4. The number of rotatable bonds is 1. The lowest BCUT2D eigenvalue weighted by atomic mass is 10.0. The molecule has 3 rings (SSSR count). The van der Waals surface area contributed by atoms with Crippen molar-refractivity contribution in [2.45, 2.75) is 19.8 Å². The average molecular weight is 237 g/mol. The highest BCUT2D eigenvalue weighted by atomic mass is 16.1. The van der Waals surface area contributed by atoms with Crippen LogP contribution in [0.4, 0.5) is 11.4 Å². The van der Waals surface area contributed by atoms with E-state index in [4.69, 9.17) is 0 Å². The summed E-state index contributed by atoms with van der Waals surface area (Å²) in [7, 11) is 0. The number of anilines is 2. The van der Waals surface area contributed by atoms with Crippen LogP contribution in [-0.2, 0) is 12.8 Å². The van der Waals surface area contributed by atoms with Crippen LogP contribution < -0.4 is 5.32 Å². The molecule has 90 valence electrons. The molecule has 0 radical (unpaired) electrons. The van der Waals surface area contributed by atoms with Gasteiger partial charge < -0.3 is 5.32 Å². The van der Waals surface area contributed by atoms with Crippen molar-refractivity contribution in [1.29, 1.82) is 0 Å². The van der Waals surface area contributed by atoms with E-state index in [0.717, 1.165) is 29.8 Å². The summed E-state index contributed by atoms with van der Waals surface area (Å²) in [6, 6.07) is 14.3. The molecule has 0 aliphatic carbocycles. The van der Waals surface area contributed by atoms with Crippen molar-refractivity contribution in [2.24, 2.45) is 0 Å². The van der Waals surface area contributed by atoms with Crippen molar-refractivity contribution in [3.8, 4) is 0 Å². The van der Waals surface area contributed by atoms with E-state index in [-0.39, 0.29) is 5.78 Å². The largest absolute Gasteiger partial charge is 0.355 e. The van der Waals surface area contributed by atoms with Crippen LogP contribution in [0.3, 0.4) is 0 Å². The van der Waals surface area contributed by atoms with Gasteiger partial charge in [0.15, 0.2) is 5.78 Å². The molecule has 18 heavy (non-hydrogen) atoms. The predicted molar refractivity (Wildman–Crippen MR) is 73.6 cm³/mol. The van der Waals surface area contributed by atoms with E-state index in [2.05, 4.69) is 29.6 Å². The maximum Gasteiger partial charge on any atom is 0.159 e. The second-order valence-electron chi connectivity index (χ2n) is 4.71. The minimum absolute atomic E-state index is 0.108. The van der Waals surface area contributed by atoms with Crippen molar-refractivity contribution in [3.05, 3.63) is 59.2 Å². The number of carbonyl (C=O) groups is 1. The minimum Gasteiger partial charge on any atom is -0.355 e. The fraction of sp³-hybridized carbons (Fsp3) is 0.188. The van der Waals surface area contributed by atoms with Crippen LogP contribution in [-0.4, -0.2) is 5.78 Å². The summed E-state index contributed by atoms with van der Waals surface area (Å²) in [5.74, 6) is 0.108. The third-order valence-corrected chi connectivity index (χ3v) is 3.47. The quantitative estimate of drug-likeness (QED) is 0.766. The van der Waals surface area contributed by atoms with Crippen molar-refractivity contribution in [1.82, 2.24) is 0 Å². The van der Waals surface area contributed by atoms with Crippen molar-refractivity contribution in [3.63, 3.8) is 0 Å². The average Bonchev–Trinajstić information content (AvgIpc) is 2.56. The molecule has 1 heterocycles. The van der Waals surface area contributed by atoms with Gasteiger partial charge >= 0.3 is 0 Å². The molecule has 0 bridgehead atoms. The van der Waals surface area contributed by atoms with Gasteiger partial charge in [-0.15, -0.1) is 0 Å². The molecule has 2 heteroatoms. The first kappa shape index (κ1) is 11.0. The smallest absolute Gasteiger partial charge is 0.159 e. The molecule has 0 saturated carbocycles. The van der Waals surface area contributed by atoms with Crippen LogP contribution in [0.15, 0.2) is 42.5 Å². The third kappa shape index (κ3) is 1.90. The Bertz CT molecular complexity index is 616. The molecule has 1 N–H and O–H groups in total. The fourth-order valence-corrected chi connectivity index (χ4v) is 2.40. The van der Waals surface area contributed by atoms with Gasteiger partial charge in [0.25, 0.3) is 0 Å². The molecular weight excluding hydrogens is 222 g/mol. The monoisotopic (exact) mass is 237 g/mol. The molecule has 0 aromatic heterocycles. The number of hydrogen-bond donors (Lipinski definition) is 1. The molecule has 0 amide bonds. The molecule has 1 aliphatic rings. The van der Waals surface area contributed by atoms with Gasteiger partial charge in [0.1, 0.15) is 0 Å². The van der Waals surface area contributed by atoms with Crippen LogP contribution in [0.1, 0.15) is 28.4 Å². The molecule has 1 aliphatic heterocycles. The topological polar surface area (TPSA) is 29.1 Å². The van der Waals surface area contributed by atoms with Crippen LogP contribution >= 0.6 is 0 Å². The summed E-state index contributed by atoms with van der Waals surface area (Å²) in [6.45, 7) is 1.60. The van der Waals surface area contributed by atoms with Crippen molar-refractivity contribution >= 4 is 17.2 Å². The van der Waals surface area contributed by atoms with Gasteiger partial charge in [-0.1, -0.05) is 30.3 Å². The van der Waals surface area contributed by atoms with E-state index < -0.39 is 0 Å². The Hall–Kier alpha value is -2.09. The van der Waals surface area contributed by atoms with Gasteiger partial charge in [-0.05, 0) is 43.0 Å². The standard InChI is InChI=1S/C16H15NO/c1-11(18)14-9-8-13-7-6-12-4-2-3-5-15(12)17-16(13)10-14/h2-5,8-10,17H,6-7H2,1H3.